The van der Waals surface area contributed by atoms with Crippen molar-refractivity contribution < 1.29 is 0 Å². The molecule has 19 heavy (non-hydrogen) atoms. The Morgan fingerprint density at radius 1 is 0.684 bits per heavy atom. The van der Waals surface area contributed by atoms with Crippen LogP contribution < -0.4 is 0 Å². The van der Waals surface area contributed by atoms with Gasteiger partial charge in [0.2, 0.25) is 0 Å². The van der Waals surface area contributed by atoms with Crippen LogP contribution >= 0.6 is 11.8 Å². The molecular weight excluding hydrogens is 248 g/mol. The van der Waals surface area contributed by atoms with Crippen LogP contribution in [0.3, 0.4) is 0 Å². The van der Waals surface area contributed by atoms with Crippen LogP contribution in [-0.2, 0) is 0 Å². The van der Waals surface area contributed by atoms with Gasteiger partial charge in [0.05, 0.1) is 0 Å². The molecule has 0 radical (unpaired) electrons. The zero-order valence-electron chi connectivity index (χ0n) is 14.0. The van der Waals surface area contributed by atoms with Crippen molar-refractivity contribution >= 4 is 11.8 Å². The highest BCUT2D eigenvalue weighted by molar-refractivity contribution is 7.99. The van der Waals surface area contributed by atoms with Gasteiger partial charge in [-0.25, -0.2) is 0 Å². The highest BCUT2D eigenvalue weighted by Crippen LogP contribution is 2.22. The van der Waals surface area contributed by atoms with E-state index in [0.29, 0.717) is 0 Å². The Morgan fingerprint density at radius 3 is 1.84 bits per heavy atom. The summed E-state index contributed by atoms with van der Waals surface area (Å²) in [6.45, 7) is 9.41. The maximum absolute atomic E-state index is 2.42. The van der Waals surface area contributed by atoms with Gasteiger partial charge in [-0.3, -0.25) is 0 Å². The van der Waals surface area contributed by atoms with E-state index in [1.807, 2.05) is 0 Å². The predicted molar refractivity (Wildman–Crippen MR) is 93.2 cm³/mol. The lowest BCUT2D eigenvalue weighted by Gasteiger charge is -2.14. The lowest BCUT2D eigenvalue weighted by atomic mass is 10.1. The fourth-order valence-electron chi connectivity index (χ4n) is 2.55. The predicted octanol–water partition coefficient (Wildman–Crippen LogP) is 7.08. The summed E-state index contributed by atoms with van der Waals surface area (Å²) in [4.78, 5) is 0. The average molecular weight is 287 g/mol. The first-order chi connectivity index (χ1) is 9.20. The molecule has 0 fully saturated rings. The first-order valence-corrected chi connectivity index (χ1v) is 9.87. The first kappa shape index (κ1) is 19.4. The van der Waals surface area contributed by atoms with E-state index in [4.69, 9.17) is 0 Å². The van der Waals surface area contributed by atoms with Crippen molar-refractivity contribution in [3.8, 4) is 0 Å². The summed E-state index contributed by atoms with van der Waals surface area (Å²) in [5, 5.41) is 0.874. The minimum atomic E-state index is 0.874. The molecule has 2 atom stereocenters. The summed E-state index contributed by atoms with van der Waals surface area (Å²) >= 11 is 2.20. The van der Waals surface area contributed by atoms with E-state index in [2.05, 4.69) is 39.5 Å². The van der Waals surface area contributed by atoms with Crippen LogP contribution in [0.25, 0.3) is 0 Å². The van der Waals surface area contributed by atoms with E-state index < -0.39 is 0 Å². The van der Waals surface area contributed by atoms with Crippen molar-refractivity contribution in [2.24, 2.45) is 5.92 Å². The number of hydrogen-bond acceptors (Lipinski definition) is 1. The largest absolute Gasteiger partial charge is 0.159 e. The van der Waals surface area contributed by atoms with Crippen molar-refractivity contribution in [3.63, 3.8) is 0 Å². The Morgan fingerprint density at radius 2 is 1.26 bits per heavy atom. The SMILES string of the molecule is CCCCCCCCCCC(C)SCC(C)CCC. The maximum Gasteiger partial charge on any atom is 0.00188 e. The minimum Gasteiger partial charge on any atom is -0.159 e. The molecule has 0 spiro atoms. The molecule has 0 N–H and O–H groups in total. The summed E-state index contributed by atoms with van der Waals surface area (Å²) in [5.74, 6) is 2.28. The Hall–Kier alpha value is 0.350. The van der Waals surface area contributed by atoms with Gasteiger partial charge >= 0.3 is 0 Å². The fraction of sp³-hybridized carbons (Fsp3) is 1.00. The number of hydrogen-bond donors (Lipinski definition) is 0. The van der Waals surface area contributed by atoms with Gasteiger partial charge in [-0.1, -0.05) is 91.9 Å². The van der Waals surface area contributed by atoms with Crippen molar-refractivity contribution in [1.82, 2.24) is 0 Å². The lowest BCUT2D eigenvalue weighted by molar-refractivity contribution is 0.562. The smallest absolute Gasteiger partial charge is 0.00188 e. The summed E-state index contributed by atoms with van der Waals surface area (Å²) in [6, 6.07) is 0. The topological polar surface area (TPSA) is 0 Å². The quantitative estimate of drug-likeness (QED) is 0.307. The molecule has 0 saturated heterocycles. The molecule has 0 rings (SSSR count). The van der Waals surface area contributed by atoms with E-state index >= 15 is 0 Å². The summed E-state index contributed by atoms with van der Waals surface area (Å²) < 4.78 is 0. The first-order valence-electron chi connectivity index (χ1n) is 8.82. The van der Waals surface area contributed by atoms with Crippen LogP contribution in [0.2, 0.25) is 0 Å². The molecule has 0 heterocycles. The molecule has 0 bridgehead atoms. The Labute approximate surface area is 127 Å². The minimum absolute atomic E-state index is 0.874. The molecule has 0 aliphatic heterocycles. The zero-order chi connectivity index (χ0) is 14.3. The van der Waals surface area contributed by atoms with E-state index in [9.17, 15) is 0 Å². The van der Waals surface area contributed by atoms with Gasteiger partial charge in [0, 0.05) is 5.25 Å². The molecule has 1 heteroatoms. The normalized spacial score (nSPS) is 14.5. The van der Waals surface area contributed by atoms with Crippen LogP contribution in [0.5, 0.6) is 0 Å². The second-order valence-electron chi connectivity index (χ2n) is 6.30. The summed E-state index contributed by atoms with van der Waals surface area (Å²) in [7, 11) is 0. The van der Waals surface area contributed by atoms with E-state index in [1.54, 1.807) is 0 Å². The summed E-state index contributed by atoms with van der Waals surface area (Å²) in [6.07, 6.45) is 15.7. The number of thioether (sulfide) groups is 1. The van der Waals surface area contributed by atoms with Gasteiger partial charge < -0.3 is 0 Å². The van der Waals surface area contributed by atoms with Crippen LogP contribution in [0.15, 0.2) is 0 Å². The van der Waals surface area contributed by atoms with Gasteiger partial charge in [-0.05, 0) is 18.1 Å². The molecule has 0 aliphatic rings. The lowest BCUT2D eigenvalue weighted by Crippen LogP contribution is -2.03. The van der Waals surface area contributed by atoms with Crippen LogP contribution in [-0.4, -0.2) is 11.0 Å². The fourth-order valence-corrected chi connectivity index (χ4v) is 3.71. The molecule has 116 valence electrons. The number of rotatable bonds is 14. The van der Waals surface area contributed by atoms with E-state index in [-0.39, 0.29) is 0 Å². The number of unbranched alkanes of at least 4 members (excludes halogenated alkanes) is 7. The second kappa shape index (κ2) is 14.8. The molecule has 0 saturated carbocycles. The molecule has 0 aromatic heterocycles. The van der Waals surface area contributed by atoms with Gasteiger partial charge in [-0.2, -0.15) is 11.8 Å². The molecule has 0 nitrogen and oxygen atoms in total. The van der Waals surface area contributed by atoms with Crippen LogP contribution in [0, 0.1) is 5.92 Å². The highest BCUT2D eigenvalue weighted by atomic mass is 32.2. The monoisotopic (exact) mass is 286 g/mol. The van der Waals surface area contributed by atoms with Crippen molar-refractivity contribution in [3.05, 3.63) is 0 Å². The third-order valence-electron chi connectivity index (χ3n) is 3.91. The van der Waals surface area contributed by atoms with E-state index in [1.165, 1.54) is 76.4 Å². The second-order valence-corrected chi connectivity index (χ2v) is 7.77. The summed E-state index contributed by atoms with van der Waals surface area (Å²) in [5.41, 5.74) is 0. The zero-order valence-corrected chi connectivity index (χ0v) is 14.9. The standard InChI is InChI=1S/C18H38S/c1-5-7-8-9-10-11-12-13-15-18(4)19-16-17(3)14-6-2/h17-18H,5-16H2,1-4H3. The van der Waals surface area contributed by atoms with Gasteiger partial charge in [0.15, 0.2) is 0 Å². The average Bonchev–Trinajstić information content (AvgIpc) is 2.40. The molecule has 0 aliphatic carbocycles. The Kier molecular flexibility index (Phi) is 15.0. The molecule has 2 unspecified atom stereocenters. The molecule has 0 aromatic rings. The molecule has 0 aromatic carbocycles. The van der Waals surface area contributed by atoms with E-state index in [0.717, 1.165) is 11.2 Å². The van der Waals surface area contributed by atoms with Crippen molar-refractivity contribution in [2.45, 2.75) is 104 Å². The van der Waals surface area contributed by atoms with Gasteiger partial charge in [0.25, 0.3) is 0 Å². The Balaban J connectivity index is 3.22. The van der Waals surface area contributed by atoms with Crippen LogP contribution in [0.4, 0.5) is 0 Å². The van der Waals surface area contributed by atoms with Crippen molar-refractivity contribution in [2.75, 3.05) is 5.75 Å². The molecule has 0 amide bonds. The Bertz CT molecular complexity index is 167. The van der Waals surface area contributed by atoms with Gasteiger partial charge in [0.1, 0.15) is 0 Å². The van der Waals surface area contributed by atoms with Crippen molar-refractivity contribution in [1.29, 1.82) is 0 Å². The third kappa shape index (κ3) is 14.6. The molecular formula is C18H38S. The van der Waals surface area contributed by atoms with Crippen LogP contribution in [0.1, 0.15) is 98.3 Å². The van der Waals surface area contributed by atoms with Gasteiger partial charge in [-0.15, -0.1) is 0 Å². The third-order valence-corrected chi connectivity index (χ3v) is 5.48. The maximum atomic E-state index is 2.42. The highest BCUT2D eigenvalue weighted by Gasteiger charge is 2.06.